The maximum atomic E-state index is 6.05. The predicted molar refractivity (Wildman–Crippen MR) is 65.3 cm³/mol. The van der Waals surface area contributed by atoms with Crippen molar-refractivity contribution in [2.45, 2.75) is 75.9 Å². The molecule has 0 spiro atoms. The van der Waals surface area contributed by atoms with E-state index in [1.54, 1.807) is 0 Å². The van der Waals surface area contributed by atoms with Crippen molar-refractivity contribution in [1.29, 1.82) is 0 Å². The molecule has 0 radical (unpaired) electrons. The first-order valence-electron chi connectivity index (χ1n) is 6.46. The first kappa shape index (κ1) is 12.9. The summed E-state index contributed by atoms with van der Waals surface area (Å²) < 4.78 is 0. The summed E-state index contributed by atoms with van der Waals surface area (Å²) in [6.07, 6.45) is 12.1. The summed E-state index contributed by atoms with van der Waals surface area (Å²) in [7, 11) is 0. The Morgan fingerprint density at radius 2 is 1.20 bits per heavy atom. The van der Waals surface area contributed by atoms with Gasteiger partial charge in [-0.15, -0.1) is 0 Å². The van der Waals surface area contributed by atoms with Crippen LogP contribution in [0, 0.1) is 0 Å². The van der Waals surface area contributed by atoms with Gasteiger partial charge in [-0.25, -0.2) is 0 Å². The van der Waals surface area contributed by atoms with Gasteiger partial charge in [-0.2, -0.15) is 0 Å². The van der Waals surface area contributed by atoms with Crippen molar-refractivity contribution >= 4 is 0 Å². The molecule has 3 heteroatoms. The summed E-state index contributed by atoms with van der Waals surface area (Å²) in [6, 6.07) is -0.0306. The third-order valence-corrected chi connectivity index (χ3v) is 3.57. The SMILES string of the molecule is NC1CCCCCCCCCCC1(N)N. The van der Waals surface area contributed by atoms with Crippen LogP contribution in [-0.2, 0) is 0 Å². The second-order valence-corrected chi connectivity index (χ2v) is 5.09. The average molecular weight is 213 g/mol. The molecule has 1 unspecified atom stereocenters. The van der Waals surface area contributed by atoms with Crippen molar-refractivity contribution in [2.24, 2.45) is 17.2 Å². The van der Waals surface area contributed by atoms with Crippen molar-refractivity contribution in [3.63, 3.8) is 0 Å². The molecule has 0 aliphatic heterocycles. The van der Waals surface area contributed by atoms with Crippen LogP contribution in [0.25, 0.3) is 0 Å². The van der Waals surface area contributed by atoms with Crippen LogP contribution < -0.4 is 17.2 Å². The Morgan fingerprint density at radius 3 is 1.80 bits per heavy atom. The second kappa shape index (κ2) is 6.46. The minimum absolute atomic E-state index is 0.0306. The Hall–Kier alpha value is -0.120. The molecule has 0 heterocycles. The minimum atomic E-state index is -0.640. The number of hydrogen-bond acceptors (Lipinski definition) is 3. The molecule has 1 aliphatic carbocycles. The fraction of sp³-hybridized carbons (Fsp3) is 1.00. The summed E-state index contributed by atoms with van der Waals surface area (Å²) in [5.41, 5.74) is 17.5. The highest BCUT2D eigenvalue weighted by atomic mass is 15.0. The molecule has 3 nitrogen and oxygen atoms in total. The van der Waals surface area contributed by atoms with E-state index in [0.29, 0.717) is 0 Å². The molecule has 1 aliphatic rings. The molecule has 90 valence electrons. The maximum Gasteiger partial charge on any atom is 0.0792 e. The van der Waals surface area contributed by atoms with Gasteiger partial charge in [-0.3, -0.25) is 0 Å². The lowest BCUT2D eigenvalue weighted by atomic mass is 9.90. The van der Waals surface area contributed by atoms with Gasteiger partial charge in [0.15, 0.2) is 0 Å². The molecule has 0 aromatic heterocycles. The van der Waals surface area contributed by atoms with Crippen LogP contribution in [0.1, 0.15) is 64.2 Å². The van der Waals surface area contributed by atoms with Crippen molar-refractivity contribution in [3.8, 4) is 0 Å². The van der Waals surface area contributed by atoms with Crippen LogP contribution in [-0.4, -0.2) is 11.7 Å². The van der Waals surface area contributed by atoms with Crippen molar-refractivity contribution < 1.29 is 0 Å². The summed E-state index contributed by atoms with van der Waals surface area (Å²) in [5, 5.41) is 0. The van der Waals surface area contributed by atoms with E-state index in [0.717, 1.165) is 19.3 Å². The molecular formula is C12H27N3. The number of nitrogens with two attached hydrogens (primary N) is 3. The lowest BCUT2D eigenvalue weighted by Crippen LogP contribution is -2.62. The van der Waals surface area contributed by atoms with E-state index < -0.39 is 5.66 Å². The zero-order valence-electron chi connectivity index (χ0n) is 9.88. The third-order valence-electron chi connectivity index (χ3n) is 3.57. The van der Waals surface area contributed by atoms with E-state index in [-0.39, 0.29) is 6.04 Å². The Balaban J connectivity index is 2.38. The number of rotatable bonds is 0. The molecule has 1 saturated carbocycles. The van der Waals surface area contributed by atoms with Crippen LogP contribution in [0.5, 0.6) is 0 Å². The summed E-state index contributed by atoms with van der Waals surface area (Å²) >= 11 is 0. The molecule has 15 heavy (non-hydrogen) atoms. The third kappa shape index (κ3) is 4.96. The van der Waals surface area contributed by atoms with Crippen LogP contribution in [0.2, 0.25) is 0 Å². The molecule has 0 bridgehead atoms. The van der Waals surface area contributed by atoms with Crippen LogP contribution in [0.15, 0.2) is 0 Å². The average Bonchev–Trinajstić information content (AvgIpc) is 2.18. The van der Waals surface area contributed by atoms with Gasteiger partial charge in [0.05, 0.1) is 5.66 Å². The molecule has 1 rings (SSSR count). The second-order valence-electron chi connectivity index (χ2n) is 5.09. The topological polar surface area (TPSA) is 78.1 Å². The fourth-order valence-corrected chi connectivity index (χ4v) is 2.31. The van der Waals surface area contributed by atoms with Crippen LogP contribution >= 0.6 is 0 Å². The van der Waals surface area contributed by atoms with Gasteiger partial charge in [0, 0.05) is 6.04 Å². The number of hydrogen-bond donors (Lipinski definition) is 3. The molecule has 0 amide bonds. The van der Waals surface area contributed by atoms with Gasteiger partial charge in [-0.05, 0) is 12.8 Å². The molecule has 0 aromatic rings. The summed E-state index contributed by atoms with van der Waals surface area (Å²) in [4.78, 5) is 0. The largest absolute Gasteiger partial charge is 0.325 e. The summed E-state index contributed by atoms with van der Waals surface area (Å²) in [5.74, 6) is 0. The van der Waals surface area contributed by atoms with E-state index in [2.05, 4.69) is 0 Å². The van der Waals surface area contributed by atoms with Gasteiger partial charge >= 0.3 is 0 Å². The van der Waals surface area contributed by atoms with Crippen molar-refractivity contribution in [1.82, 2.24) is 0 Å². The summed E-state index contributed by atoms with van der Waals surface area (Å²) in [6.45, 7) is 0. The molecular weight excluding hydrogens is 186 g/mol. The van der Waals surface area contributed by atoms with E-state index >= 15 is 0 Å². The highest BCUT2D eigenvalue weighted by Gasteiger charge is 2.26. The Labute approximate surface area is 93.8 Å². The lowest BCUT2D eigenvalue weighted by Gasteiger charge is -2.31. The zero-order chi connectivity index (χ0) is 11.1. The van der Waals surface area contributed by atoms with E-state index in [9.17, 15) is 0 Å². The first-order valence-corrected chi connectivity index (χ1v) is 6.46. The molecule has 0 saturated heterocycles. The van der Waals surface area contributed by atoms with Crippen LogP contribution in [0.3, 0.4) is 0 Å². The molecule has 6 N–H and O–H groups in total. The predicted octanol–water partition coefficient (Wildman–Crippen LogP) is 1.84. The van der Waals surface area contributed by atoms with Gasteiger partial charge in [0.2, 0.25) is 0 Å². The van der Waals surface area contributed by atoms with E-state index in [4.69, 9.17) is 17.2 Å². The Bertz CT molecular complexity index is 168. The lowest BCUT2D eigenvalue weighted by molar-refractivity contribution is 0.296. The minimum Gasteiger partial charge on any atom is -0.325 e. The smallest absolute Gasteiger partial charge is 0.0792 e. The van der Waals surface area contributed by atoms with Gasteiger partial charge < -0.3 is 17.2 Å². The Morgan fingerprint density at radius 1 is 0.733 bits per heavy atom. The molecule has 0 aromatic carbocycles. The van der Waals surface area contributed by atoms with Gasteiger partial charge in [0.25, 0.3) is 0 Å². The monoisotopic (exact) mass is 213 g/mol. The first-order chi connectivity index (χ1) is 7.13. The highest BCUT2D eigenvalue weighted by Crippen LogP contribution is 2.18. The quantitative estimate of drug-likeness (QED) is 0.537. The highest BCUT2D eigenvalue weighted by molar-refractivity contribution is 4.88. The van der Waals surface area contributed by atoms with Gasteiger partial charge in [0.1, 0.15) is 0 Å². The van der Waals surface area contributed by atoms with Crippen LogP contribution in [0.4, 0.5) is 0 Å². The van der Waals surface area contributed by atoms with Gasteiger partial charge in [-0.1, -0.05) is 51.4 Å². The van der Waals surface area contributed by atoms with Crippen molar-refractivity contribution in [3.05, 3.63) is 0 Å². The fourth-order valence-electron chi connectivity index (χ4n) is 2.31. The van der Waals surface area contributed by atoms with Crippen molar-refractivity contribution in [2.75, 3.05) is 0 Å². The standard InChI is InChI=1S/C12H27N3/c13-11-9-7-5-3-1-2-4-6-8-10-12(11,14)15/h11H,1-10,13-15H2. The molecule has 1 fully saturated rings. The molecule has 1 atom stereocenters. The van der Waals surface area contributed by atoms with E-state index in [1.807, 2.05) is 0 Å². The maximum absolute atomic E-state index is 6.05. The van der Waals surface area contributed by atoms with E-state index in [1.165, 1.54) is 44.9 Å². The normalized spacial score (nSPS) is 30.2. The Kier molecular flexibility index (Phi) is 5.58. The zero-order valence-corrected chi connectivity index (χ0v) is 9.88.